The minimum atomic E-state index is -0.362. The molecule has 0 saturated carbocycles. The zero-order valence-corrected chi connectivity index (χ0v) is 18.2. The molecule has 0 heterocycles. The Morgan fingerprint density at radius 1 is 1.36 bits per heavy atom. The van der Waals surface area contributed by atoms with Crippen LogP contribution < -0.4 is 0 Å². The van der Waals surface area contributed by atoms with Crippen molar-refractivity contribution in [1.82, 2.24) is 0 Å². The minimum Gasteiger partial charge on any atom is -0.483 e. The van der Waals surface area contributed by atoms with Gasteiger partial charge in [0, 0.05) is 20.4 Å². The molecule has 0 aromatic heterocycles. The van der Waals surface area contributed by atoms with Gasteiger partial charge in [0.15, 0.2) is 5.97 Å². The van der Waals surface area contributed by atoms with E-state index in [9.17, 15) is 4.79 Å². The fourth-order valence-corrected chi connectivity index (χ4v) is 0.892. The maximum atomic E-state index is 10.7. The van der Waals surface area contributed by atoms with Crippen LogP contribution in [-0.2, 0) is 36.6 Å². The monoisotopic (exact) mass is 681 g/mol. The van der Waals surface area contributed by atoms with Gasteiger partial charge in [0.05, 0.1) is 0 Å². The zero-order valence-electron chi connectivity index (χ0n) is 7.45. The van der Waals surface area contributed by atoms with Crippen molar-refractivity contribution in [3.05, 3.63) is 41.2 Å². The van der Waals surface area contributed by atoms with E-state index >= 15 is 0 Å². The van der Waals surface area contributed by atoms with Gasteiger partial charge in [-0.3, -0.25) is 20.7 Å². The van der Waals surface area contributed by atoms with Crippen molar-refractivity contribution < 1.29 is 30.0 Å². The van der Waals surface area contributed by atoms with E-state index in [-0.39, 0.29) is 26.4 Å². The molecule has 5 heteroatoms. The van der Waals surface area contributed by atoms with E-state index in [1.165, 1.54) is 5.33 Å². The van der Waals surface area contributed by atoms with Gasteiger partial charge in [0.25, 0.3) is 0 Å². The summed E-state index contributed by atoms with van der Waals surface area (Å²) in [7, 11) is 0. The molecule has 1 radical (unpaired) electrons. The van der Waals surface area contributed by atoms with Gasteiger partial charge in [0.2, 0.25) is 0 Å². The molecule has 0 aliphatic rings. The molecule has 73 valence electrons. The van der Waals surface area contributed by atoms with Crippen LogP contribution in [0.1, 0.15) is 5.56 Å². The van der Waals surface area contributed by atoms with Gasteiger partial charge < -0.3 is 4.74 Å². The van der Waals surface area contributed by atoms with Crippen LogP contribution in [0.25, 0.3) is 0 Å². The molecule has 0 aliphatic carbocycles. The van der Waals surface area contributed by atoms with Crippen molar-refractivity contribution >= 4 is 21.9 Å². The second-order valence-corrected chi connectivity index (χ2v) is 2.66. The van der Waals surface area contributed by atoms with E-state index in [2.05, 4.69) is 15.9 Å². The van der Waals surface area contributed by atoms with Crippen LogP contribution in [0.15, 0.2) is 30.3 Å². The van der Waals surface area contributed by atoms with E-state index < -0.39 is 0 Å². The Balaban J connectivity index is 0. The molecule has 0 spiro atoms. The van der Waals surface area contributed by atoms with Crippen LogP contribution in [0.2, 0.25) is 0 Å². The first kappa shape index (κ1) is 15.2. The molecule has 0 bridgehead atoms. The van der Waals surface area contributed by atoms with Crippen LogP contribution >= 0.6 is 15.9 Å². The molecule has 1 rings (SSSR count). The number of esters is 1. The van der Waals surface area contributed by atoms with Crippen molar-refractivity contribution in [3.63, 3.8) is 0 Å². The Kier molecular flexibility index (Phi) is 9.01. The van der Waals surface area contributed by atoms with Gasteiger partial charge in [-0.1, -0.05) is 30.3 Å². The summed E-state index contributed by atoms with van der Waals surface area (Å²) in [5.74, 6) is -0.362. The fraction of sp³-hybridized carbons (Fsp3) is 0.111. The second kappa shape index (κ2) is 8.31. The third kappa shape index (κ3) is 5.37. The van der Waals surface area contributed by atoms with Gasteiger partial charge in [0.1, 0.15) is 6.61 Å². The molecule has 0 unspecified atom stereocenters. The van der Waals surface area contributed by atoms with Crippen molar-refractivity contribution in [1.29, 1.82) is 0 Å². The Labute approximate surface area is 99.4 Å². The molecule has 0 aliphatic heterocycles. The minimum absolute atomic E-state index is 0. The van der Waals surface area contributed by atoms with Crippen LogP contribution in [0, 0.1) is 5.33 Å². The molecule has 2 nitrogen and oxygen atoms in total. The molecular weight excluding hydrogens is 673 g/mol. The Hall–Kier alpha value is -1.30. The SMILES string of the molecule is O=C([CH-]Br)OCc1ccccc1.[Re].[Rf]. The Morgan fingerprint density at radius 2 is 1.93 bits per heavy atom. The number of benzene rings is 1. The van der Waals surface area contributed by atoms with Gasteiger partial charge >= 0.3 is 0 Å². The maximum absolute atomic E-state index is 10.7. The van der Waals surface area contributed by atoms with Crippen LogP contribution in [-0.4, -0.2) is 5.97 Å². The van der Waals surface area contributed by atoms with Crippen LogP contribution in [0.5, 0.6) is 0 Å². The molecule has 14 heavy (non-hydrogen) atoms. The number of ether oxygens (including phenoxy) is 1. The number of hydrogen-bond acceptors (Lipinski definition) is 2. The smallest absolute Gasteiger partial charge is 0.177 e. The van der Waals surface area contributed by atoms with E-state index in [1.54, 1.807) is 0 Å². The normalized spacial score (nSPS) is 7.79. The predicted molar refractivity (Wildman–Crippen MR) is 49.5 cm³/mol. The molecule has 1 aromatic carbocycles. The summed E-state index contributed by atoms with van der Waals surface area (Å²) in [6.07, 6.45) is 0. The van der Waals surface area contributed by atoms with E-state index in [4.69, 9.17) is 4.74 Å². The Morgan fingerprint density at radius 3 is 2.43 bits per heavy atom. The average Bonchev–Trinajstić information content (AvgIpc) is 2.16. The number of halogens is 1. The third-order valence-corrected chi connectivity index (χ3v) is 1.69. The van der Waals surface area contributed by atoms with Gasteiger partial charge in [-0.15, -0.1) is 0 Å². The van der Waals surface area contributed by atoms with Gasteiger partial charge in [-0.25, -0.2) is 5.33 Å². The van der Waals surface area contributed by atoms with Crippen LogP contribution in [0.4, 0.5) is 0 Å². The number of carbonyl (C=O) groups excluding carboxylic acids is 1. The summed E-state index contributed by atoms with van der Waals surface area (Å²) in [4.78, 5) is 10.7. The number of rotatable bonds is 3. The first-order valence-corrected chi connectivity index (χ1v) is 4.38. The summed E-state index contributed by atoms with van der Waals surface area (Å²) >= 11 is 2.89. The van der Waals surface area contributed by atoms with Crippen LogP contribution in [0.3, 0.4) is 0 Å². The fourth-order valence-electron chi connectivity index (χ4n) is 0.760. The number of hydrogen-bond donors (Lipinski definition) is 0. The van der Waals surface area contributed by atoms with E-state index in [0.29, 0.717) is 6.61 Å². The summed E-state index contributed by atoms with van der Waals surface area (Å²) in [6.45, 7) is 0.321. The summed E-state index contributed by atoms with van der Waals surface area (Å²) in [5, 5.41) is 1.22. The summed E-state index contributed by atoms with van der Waals surface area (Å²) in [5.41, 5.74) is 0.986. The quantitative estimate of drug-likeness (QED) is 0.362. The van der Waals surface area contributed by atoms with Crippen molar-refractivity contribution in [2.24, 2.45) is 0 Å². The predicted octanol–water partition coefficient (Wildman–Crippen LogP) is 2.28. The van der Waals surface area contributed by atoms with Crippen molar-refractivity contribution in [3.8, 4) is 0 Å². The molecule has 0 saturated heterocycles. The first-order valence-electron chi connectivity index (χ1n) is 3.47. The number of carbonyl (C=O) groups is 1. The molecule has 0 N–H and O–H groups in total. The third-order valence-electron chi connectivity index (χ3n) is 1.31. The van der Waals surface area contributed by atoms with E-state index in [0.717, 1.165) is 5.56 Å². The molecule has 0 atom stereocenters. The summed E-state index contributed by atoms with van der Waals surface area (Å²) < 4.78 is 4.84. The zero-order chi connectivity index (χ0) is 8.81. The first-order chi connectivity index (χ1) is 5.83. The van der Waals surface area contributed by atoms with Gasteiger partial charge in [-0.05, 0) is 5.56 Å². The van der Waals surface area contributed by atoms with Gasteiger partial charge in [-0.2, -0.15) is 0 Å². The molecule has 0 fully saturated rings. The average molecular weight is 681 g/mol. The maximum Gasteiger partial charge on any atom is 0.177 e. The molecule has 0 amide bonds. The van der Waals surface area contributed by atoms with E-state index in [1.807, 2.05) is 30.3 Å². The largest absolute Gasteiger partial charge is 0.483 e. The second-order valence-electron chi connectivity index (χ2n) is 2.20. The molecule has 1 aromatic rings. The van der Waals surface area contributed by atoms with Crippen molar-refractivity contribution in [2.45, 2.75) is 6.61 Å². The molecular formula is C9H8BrO2ReRf-. The standard InChI is InChI=1S/C9H8BrO2.Re.Rf/c10-6-9(11)12-7-8-4-2-1-3-5-8;;/h1-6H,7H2;;/q-1;;. The topological polar surface area (TPSA) is 26.3 Å². The van der Waals surface area contributed by atoms with Crippen molar-refractivity contribution in [2.75, 3.05) is 0 Å². The summed E-state index contributed by atoms with van der Waals surface area (Å²) in [6, 6.07) is 9.53. The Bertz CT molecular complexity index is 256.